The average molecular weight is 689 g/mol. The zero-order valence-corrected chi connectivity index (χ0v) is 29.3. The number of halogens is 2. The molecule has 3 aromatic rings. The largest absolute Gasteiger partial charge is 0.495 e. The van der Waals surface area contributed by atoms with E-state index < -0.39 is 5.60 Å². The normalized spacial score (nSPS) is 16.1. The summed E-state index contributed by atoms with van der Waals surface area (Å²) in [6.07, 6.45) is 7.08. The Balaban J connectivity index is 1.16. The van der Waals surface area contributed by atoms with Crippen LogP contribution in [0.4, 0.5) is 22.1 Å². The summed E-state index contributed by atoms with van der Waals surface area (Å²) in [7, 11) is 4.72. The minimum Gasteiger partial charge on any atom is -0.495 e. The first-order valence-electron chi connectivity index (χ1n) is 15.7. The molecule has 0 unspecified atom stereocenters. The minimum atomic E-state index is -0.478. The number of hydrogen-bond acceptors (Lipinski definition) is 10. The second-order valence-corrected chi connectivity index (χ2v) is 13.6. The lowest BCUT2D eigenvalue weighted by Crippen LogP contribution is -2.49. The van der Waals surface area contributed by atoms with Crippen molar-refractivity contribution in [1.29, 1.82) is 0 Å². The van der Waals surface area contributed by atoms with Gasteiger partial charge in [0, 0.05) is 49.6 Å². The van der Waals surface area contributed by atoms with Crippen LogP contribution in [0.15, 0.2) is 36.7 Å². The van der Waals surface area contributed by atoms with Crippen LogP contribution in [-0.2, 0) is 11.3 Å². The molecule has 2 aromatic carbocycles. The van der Waals surface area contributed by atoms with Crippen LogP contribution in [0.2, 0.25) is 10.0 Å². The highest BCUT2D eigenvalue weighted by Gasteiger charge is 2.39. The van der Waals surface area contributed by atoms with Gasteiger partial charge in [-0.3, -0.25) is 0 Å². The number of rotatable bonds is 9. The molecule has 5 rings (SSSR count). The quantitative estimate of drug-likeness (QED) is 0.240. The van der Waals surface area contributed by atoms with E-state index in [0.29, 0.717) is 38.8 Å². The lowest BCUT2D eigenvalue weighted by Gasteiger charge is -2.47. The zero-order valence-electron chi connectivity index (χ0n) is 27.8. The van der Waals surface area contributed by atoms with Crippen molar-refractivity contribution in [2.75, 3.05) is 57.7 Å². The van der Waals surface area contributed by atoms with Gasteiger partial charge in [-0.05, 0) is 64.0 Å². The third-order valence-electron chi connectivity index (χ3n) is 8.75. The molecule has 1 N–H and O–H groups in total. The van der Waals surface area contributed by atoms with Crippen molar-refractivity contribution in [3.8, 4) is 23.0 Å². The first kappa shape index (κ1) is 34.5. The Morgan fingerprint density at radius 3 is 2.00 bits per heavy atom. The van der Waals surface area contributed by atoms with Crippen LogP contribution in [0.25, 0.3) is 0 Å². The molecule has 11 nitrogen and oxygen atoms in total. The molecule has 0 bridgehead atoms. The van der Waals surface area contributed by atoms with Gasteiger partial charge in [-0.2, -0.15) is 0 Å². The number of likely N-dealkylation sites (tertiary alicyclic amines) is 1. The van der Waals surface area contributed by atoms with E-state index in [-0.39, 0.29) is 18.1 Å². The summed E-state index contributed by atoms with van der Waals surface area (Å²) in [5.41, 5.74) is 2.16. The third kappa shape index (κ3) is 8.19. The van der Waals surface area contributed by atoms with Crippen molar-refractivity contribution in [1.82, 2.24) is 14.9 Å². The smallest absolute Gasteiger partial charge is 0.410 e. The number of hydrogen-bond donors (Lipinski definition) is 1. The Hall–Kier alpha value is -3.83. The number of amides is 1. The molecule has 0 radical (unpaired) electrons. The third-order valence-corrected chi connectivity index (χ3v) is 9.58. The standard InChI is InChI=1S/C34H43Cl2N5O6/c1-33(2,3)47-32(42)41-15-11-34(12-16-41)9-13-40(14-10-34)25-8-7-22(17-26(25)43-4)39-31-37-19-23(20-38-31)46-21-24-29(35)27(44-5)18-28(45-6)30(24)36/h7-8,17-20H,9-16,21H2,1-6H3,(H,37,38,39). The van der Waals surface area contributed by atoms with Gasteiger partial charge in [0.05, 0.1) is 49.5 Å². The number of nitrogens with one attached hydrogen (secondary N) is 1. The van der Waals surface area contributed by atoms with Crippen molar-refractivity contribution < 1.29 is 28.5 Å². The molecule has 0 aliphatic carbocycles. The minimum absolute atomic E-state index is 0.0716. The predicted octanol–water partition coefficient (Wildman–Crippen LogP) is 7.75. The predicted molar refractivity (Wildman–Crippen MR) is 183 cm³/mol. The fraction of sp³-hybridized carbons (Fsp3) is 0.500. The molecule has 0 saturated carbocycles. The fourth-order valence-corrected chi connectivity index (χ4v) is 6.64. The number of piperidine rings is 2. The highest BCUT2D eigenvalue weighted by molar-refractivity contribution is 6.37. The van der Waals surface area contributed by atoms with E-state index in [1.807, 2.05) is 37.8 Å². The summed E-state index contributed by atoms with van der Waals surface area (Å²) in [6, 6.07) is 7.64. The number of benzene rings is 2. The number of anilines is 3. The Morgan fingerprint density at radius 1 is 0.872 bits per heavy atom. The molecule has 47 heavy (non-hydrogen) atoms. The molecule has 2 aliphatic heterocycles. The number of carbonyl (C=O) groups excluding carboxylic acids is 1. The number of nitrogens with zero attached hydrogens (tertiary/aromatic N) is 4. The van der Waals surface area contributed by atoms with Crippen molar-refractivity contribution in [3.63, 3.8) is 0 Å². The topological polar surface area (TPSA) is 108 Å². The van der Waals surface area contributed by atoms with Crippen molar-refractivity contribution in [2.24, 2.45) is 5.41 Å². The monoisotopic (exact) mass is 687 g/mol. The van der Waals surface area contributed by atoms with Crippen LogP contribution in [-0.4, -0.2) is 74.1 Å². The van der Waals surface area contributed by atoms with Crippen LogP contribution in [0.5, 0.6) is 23.0 Å². The van der Waals surface area contributed by atoms with E-state index in [1.165, 1.54) is 14.2 Å². The van der Waals surface area contributed by atoms with E-state index in [0.717, 1.165) is 69.0 Å². The number of aromatic nitrogens is 2. The van der Waals surface area contributed by atoms with Crippen LogP contribution in [0.3, 0.4) is 0 Å². The molecular weight excluding hydrogens is 645 g/mol. The van der Waals surface area contributed by atoms with Crippen LogP contribution >= 0.6 is 23.2 Å². The molecule has 1 amide bonds. The number of methoxy groups -OCH3 is 3. The van der Waals surface area contributed by atoms with E-state index >= 15 is 0 Å². The van der Waals surface area contributed by atoms with Crippen LogP contribution in [0, 0.1) is 5.41 Å². The van der Waals surface area contributed by atoms with Gasteiger partial charge in [-0.1, -0.05) is 23.2 Å². The first-order valence-corrected chi connectivity index (χ1v) is 16.4. The van der Waals surface area contributed by atoms with E-state index in [9.17, 15) is 4.79 Å². The molecule has 2 aliphatic rings. The van der Waals surface area contributed by atoms with Gasteiger partial charge in [-0.25, -0.2) is 14.8 Å². The summed E-state index contributed by atoms with van der Waals surface area (Å²) in [5, 5.41) is 3.93. The highest BCUT2D eigenvalue weighted by Crippen LogP contribution is 2.44. The molecule has 2 fully saturated rings. The Labute approximate surface area is 286 Å². The average Bonchev–Trinajstić information content (AvgIpc) is 3.05. The van der Waals surface area contributed by atoms with Gasteiger partial charge in [0.1, 0.15) is 29.5 Å². The Morgan fingerprint density at radius 2 is 1.45 bits per heavy atom. The maximum absolute atomic E-state index is 12.5. The number of carbonyl (C=O) groups is 1. The Kier molecular flexibility index (Phi) is 10.7. The van der Waals surface area contributed by atoms with Crippen LogP contribution in [0.1, 0.15) is 52.0 Å². The summed E-state index contributed by atoms with van der Waals surface area (Å²) in [4.78, 5) is 25.6. The maximum Gasteiger partial charge on any atom is 0.410 e. The summed E-state index contributed by atoms with van der Waals surface area (Å²) in [5.74, 6) is 2.49. The van der Waals surface area contributed by atoms with E-state index in [2.05, 4.69) is 26.3 Å². The summed E-state index contributed by atoms with van der Waals surface area (Å²) >= 11 is 12.9. The van der Waals surface area contributed by atoms with Gasteiger partial charge in [-0.15, -0.1) is 0 Å². The van der Waals surface area contributed by atoms with Gasteiger partial charge >= 0.3 is 6.09 Å². The van der Waals surface area contributed by atoms with Gasteiger partial charge in [0.2, 0.25) is 5.95 Å². The van der Waals surface area contributed by atoms with Crippen molar-refractivity contribution in [2.45, 2.75) is 58.7 Å². The second-order valence-electron chi connectivity index (χ2n) is 12.9. The molecule has 2 saturated heterocycles. The van der Waals surface area contributed by atoms with Gasteiger partial charge in [0.15, 0.2) is 5.75 Å². The SMILES string of the molecule is COc1cc(Nc2ncc(OCc3c(Cl)c(OC)cc(OC)c3Cl)cn2)ccc1N1CCC2(CCN(C(=O)OC(C)(C)C)CC2)CC1. The molecule has 13 heteroatoms. The maximum atomic E-state index is 12.5. The lowest BCUT2D eigenvalue weighted by molar-refractivity contribution is 0.00664. The molecule has 1 aromatic heterocycles. The molecule has 3 heterocycles. The fourth-order valence-electron chi connectivity index (χ4n) is 6.03. The summed E-state index contributed by atoms with van der Waals surface area (Å²) in [6.45, 7) is 9.13. The van der Waals surface area contributed by atoms with E-state index in [1.54, 1.807) is 25.6 Å². The van der Waals surface area contributed by atoms with Gasteiger partial charge < -0.3 is 38.8 Å². The molecule has 1 spiro atoms. The first-order chi connectivity index (χ1) is 22.4. The van der Waals surface area contributed by atoms with Crippen LogP contribution < -0.4 is 29.2 Å². The van der Waals surface area contributed by atoms with Gasteiger partial charge in [0.25, 0.3) is 0 Å². The number of ether oxygens (including phenoxy) is 5. The molecular formula is C34H43Cl2N5O6. The summed E-state index contributed by atoms with van der Waals surface area (Å²) < 4.78 is 27.9. The molecule has 0 atom stereocenters. The van der Waals surface area contributed by atoms with E-state index in [4.69, 9.17) is 46.9 Å². The molecule has 254 valence electrons. The van der Waals surface area contributed by atoms with Crippen molar-refractivity contribution >= 4 is 46.6 Å². The second kappa shape index (κ2) is 14.5. The zero-order chi connectivity index (χ0) is 33.8. The van der Waals surface area contributed by atoms with Crippen molar-refractivity contribution in [3.05, 3.63) is 52.3 Å². The highest BCUT2D eigenvalue weighted by atomic mass is 35.5. The Bertz CT molecular complexity index is 1520. The lowest BCUT2D eigenvalue weighted by atomic mass is 9.71.